The van der Waals surface area contributed by atoms with Crippen LogP contribution in [0.3, 0.4) is 0 Å². The highest BCUT2D eigenvalue weighted by atomic mass is 16.4. The summed E-state index contributed by atoms with van der Waals surface area (Å²) in [6.07, 6.45) is -0.816. The molecule has 0 spiro atoms. The van der Waals surface area contributed by atoms with Crippen LogP contribution in [0.15, 0.2) is 24.3 Å². The summed E-state index contributed by atoms with van der Waals surface area (Å²) in [5.74, 6) is -1.23. The maximum absolute atomic E-state index is 12.1. The molecule has 21 heavy (non-hydrogen) atoms. The van der Waals surface area contributed by atoms with Crippen molar-refractivity contribution in [2.24, 2.45) is 0 Å². The molecule has 0 bridgehead atoms. The second-order valence-corrected chi connectivity index (χ2v) is 4.96. The van der Waals surface area contributed by atoms with Crippen molar-refractivity contribution >= 4 is 23.5 Å². The molecule has 0 radical (unpaired) electrons. The van der Waals surface area contributed by atoms with Crippen LogP contribution in [0.5, 0.6) is 0 Å². The van der Waals surface area contributed by atoms with Crippen LogP contribution in [0.2, 0.25) is 0 Å². The van der Waals surface area contributed by atoms with Crippen molar-refractivity contribution < 1.29 is 24.6 Å². The molecule has 1 aliphatic heterocycles. The number of nitrogens with zero attached hydrogens (tertiary/aromatic N) is 1. The Morgan fingerprint density at radius 3 is 2.38 bits per heavy atom. The van der Waals surface area contributed by atoms with Crippen molar-refractivity contribution in [3.8, 4) is 0 Å². The number of aliphatic hydroxyl groups excluding tert-OH is 1. The number of aliphatic carboxylic acids is 1. The zero-order chi connectivity index (χ0) is 15.6. The number of aliphatic hydroxyl groups is 1. The van der Waals surface area contributed by atoms with Gasteiger partial charge in [0.1, 0.15) is 6.04 Å². The molecule has 1 fully saturated rings. The molecule has 2 amide bonds. The third kappa shape index (κ3) is 3.38. The van der Waals surface area contributed by atoms with Crippen LogP contribution < -0.4 is 5.32 Å². The number of rotatable bonds is 3. The van der Waals surface area contributed by atoms with Gasteiger partial charge in [-0.2, -0.15) is 0 Å². The average molecular weight is 292 g/mol. The molecule has 1 aromatic carbocycles. The first-order valence-corrected chi connectivity index (χ1v) is 6.48. The van der Waals surface area contributed by atoms with Crippen molar-refractivity contribution in [1.82, 2.24) is 4.90 Å². The van der Waals surface area contributed by atoms with Gasteiger partial charge < -0.3 is 20.4 Å². The van der Waals surface area contributed by atoms with Crippen LogP contribution in [0.1, 0.15) is 23.7 Å². The van der Waals surface area contributed by atoms with E-state index in [-0.39, 0.29) is 18.7 Å². The molecule has 3 N–H and O–H groups in total. The van der Waals surface area contributed by atoms with E-state index in [1.54, 1.807) is 24.3 Å². The fourth-order valence-electron chi connectivity index (χ4n) is 2.26. The van der Waals surface area contributed by atoms with Gasteiger partial charge in [-0.15, -0.1) is 0 Å². The van der Waals surface area contributed by atoms with E-state index < -0.39 is 24.1 Å². The third-order valence-corrected chi connectivity index (χ3v) is 3.37. The van der Waals surface area contributed by atoms with Crippen molar-refractivity contribution in [1.29, 1.82) is 0 Å². The Kier molecular flexibility index (Phi) is 4.23. The van der Waals surface area contributed by atoms with E-state index in [2.05, 4.69) is 5.32 Å². The molecule has 0 aromatic heterocycles. The Morgan fingerprint density at radius 1 is 1.24 bits per heavy atom. The zero-order valence-electron chi connectivity index (χ0n) is 11.4. The first-order chi connectivity index (χ1) is 9.88. The molecular formula is C14H16N2O5. The number of carboxylic acids is 1. The molecular weight excluding hydrogens is 276 g/mol. The van der Waals surface area contributed by atoms with E-state index in [0.717, 1.165) is 4.90 Å². The molecule has 2 rings (SSSR count). The highest BCUT2D eigenvalue weighted by molar-refractivity contribution is 5.96. The fraction of sp³-hybridized carbons (Fsp3) is 0.357. The SMILES string of the molecule is CC(=O)c1ccc(NC(=O)N2C[C@H](O)C[C@H]2C(=O)O)cc1. The lowest BCUT2D eigenvalue weighted by atomic mass is 10.1. The van der Waals surface area contributed by atoms with E-state index in [0.29, 0.717) is 11.3 Å². The number of urea groups is 1. The van der Waals surface area contributed by atoms with Crippen molar-refractivity contribution in [3.05, 3.63) is 29.8 Å². The first-order valence-electron chi connectivity index (χ1n) is 6.48. The number of amides is 2. The topological polar surface area (TPSA) is 107 Å². The molecule has 2 atom stereocenters. The Bertz CT molecular complexity index is 569. The lowest BCUT2D eigenvalue weighted by Gasteiger charge is -2.21. The summed E-state index contributed by atoms with van der Waals surface area (Å²) < 4.78 is 0. The predicted molar refractivity (Wildman–Crippen MR) is 74.2 cm³/mol. The zero-order valence-corrected chi connectivity index (χ0v) is 11.4. The molecule has 7 heteroatoms. The third-order valence-electron chi connectivity index (χ3n) is 3.37. The smallest absolute Gasteiger partial charge is 0.326 e. The molecule has 0 saturated carbocycles. The second-order valence-electron chi connectivity index (χ2n) is 4.96. The molecule has 7 nitrogen and oxygen atoms in total. The van der Waals surface area contributed by atoms with E-state index in [4.69, 9.17) is 5.11 Å². The minimum absolute atomic E-state index is 0.0195. The normalized spacial score (nSPS) is 21.1. The number of hydrogen-bond donors (Lipinski definition) is 3. The van der Waals surface area contributed by atoms with Crippen molar-refractivity contribution in [2.45, 2.75) is 25.5 Å². The van der Waals surface area contributed by atoms with Crippen LogP contribution in [0.25, 0.3) is 0 Å². The summed E-state index contributed by atoms with van der Waals surface area (Å²) in [7, 11) is 0. The number of ketones is 1. The summed E-state index contributed by atoms with van der Waals surface area (Å²) in [4.78, 5) is 35.4. The number of carbonyl (C=O) groups is 3. The number of anilines is 1. The van der Waals surface area contributed by atoms with Crippen LogP contribution in [-0.4, -0.2) is 51.6 Å². The van der Waals surface area contributed by atoms with Gasteiger partial charge in [0.15, 0.2) is 5.78 Å². The minimum atomic E-state index is -1.14. The van der Waals surface area contributed by atoms with Gasteiger partial charge in [-0.25, -0.2) is 9.59 Å². The van der Waals surface area contributed by atoms with Gasteiger partial charge in [0, 0.05) is 24.2 Å². The number of benzene rings is 1. The standard InChI is InChI=1S/C14H16N2O5/c1-8(17)9-2-4-10(5-3-9)15-14(21)16-7-11(18)6-12(16)13(19)20/h2-5,11-12,18H,6-7H2,1H3,(H,15,21)(H,19,20)/t11-,12+/m1/s1. The van der Waals surface area contributed by atoms with E-state index in [1.165, 1.54) is 6.92 Å². The van der Waals surface area contributed by atoms with E-state index in [1.807, 2.05) is 0 Å². The summed E-state index contributed by atoms with van der Waals surface area (Å²) in [5, 5.41) is 21.1. The molecule has 112 valence electrons. The molecule has 1 aromatic rings. The van der Waals surface area contributed by atoms with Gasteiger partial charge in [0.05, 0.1) is 6.10 Å². The number of β-amino-alcohol motifs (C(OH)–C–C–N with tert-alkyl or cyclic N) is 1. The van der Waals surface area contributed by atoms with Gasteiger partial charge in [0.25, 0.3) is 0 Å². The maximum Gasteiger partial charge on any atom is 0.326 e. The Morgan fingerprint density at radius 2 is 1.86 bits per heavy atom. The lowest BCUT2D eigenvalue weighted by Crippen LogP contribution is -2.43. The molecule has 0 aliphatic carbocycles. The molecule has 1 heterocycles. The monoisotopic (exact) mass is 292 g/mol. The highest BCUT2D eigenvalue weighted by Gasteiger charge is 2.38. The number of carboxylic acid groups (broad SMARTS) is 1. The first kappa shape index (κ1) is 15.0. The number of nitrogens with one attached hydrogen (secondary N) is 1. The number of hydrogen-bond acceptors (Lipinski definition) is 4. The summed E-state index contributed by atoms with van der Waals surface area (Å²) >= 11 is 0. The largest absolute Gasteiger partial charge is 0.480 e. The van der Waals surface area contributed by atoms with E-state index >= 15 is 0 Å². The van der Waals surface area contributed by atoms with Gasteiger partial charge in [-0.05, 0) is 31.2 Å². The van der Waals surface area contributed by atoms with Gasteiger partial charge in [-0.1, -0.05) is 0 Å². The van der Waals surface area contributed by atoms with Crippen LogP contribution in [0, 0.1) is 0 Å². The van der Waals surface area contributed by atoms with Gasteiger partial charge >= 0.3 is 12.0 Å². The Labute approximate surface area is 121 Å². The Hall–Kier alpha value is -2.41. The number of Topliss-reactive ketones (excluding diaryl/α,β-unsaturated/α-hetero) is 1. The predicted octanol–water partition coefficient (Wildman–Crippen LogP) is 0.941. The Balaban J connectivity index is 2.06. The maximum atomic E-state index is 12.1. The highest BCUT2D eigenvalue weighted by Crippen LogP contribution is 2.20. The van der Waals surface area contributed by atoms with Crippen molar-refractivity contribution in [3.63, 3.8) is 0 Å². The van der Waals surface area contributed by atoms with Gasteiger partial charge in [0.2, 0.25) is 0 Å². The molecule has 1 saturated heterocycles. The lowest BCUT2D eigenvalue weighted by molar-refractivity contribution is -0.141. The van der Waals surface area contributed by atoms with Crippen LogP contribution in [0.4, 0.5) is 10.5 Å². The number of likely N-dealkylation sites (tertiary alicyclic amines) is 1. The summed E-state index contributed by atoms with van der Waals surface area (Å²) in [5.41, 5.74) is 0.975. The van der Waals surface area contributed by atoms with Crippen molar-refractivity contribution in [2.75, 3.05) is 11.9 Å². The average Bonchev–Trinajstić information content (AvgIpc) is 2.82. The van der Waals surface area contributed by atoms with Crippen LogP contribution >= 0.6 is 0 Å². The summed E-state index contributed by atoms with van der Waals surface area (Å²) in [6, 6.07) is 4.66. The van der Waals surface area contributed by atoms with Crippen LogP contribution in [-0.2, 0) is 4.79 Å². The fourth-order valence-corrected chi connectivity index (χ4v) is 2.26. The number of carbonyl (C=O) groups excluding carboxylic acids is 2. The minimum Gasteiger partial charge on any atom is -0.480 e. The van der Waals surface area contributed by atoms with E-state index in [9.17, 15) is 19.5 Å². The quantitative estimate of drug-likeness (QED) is 0.719. The molecule has 1 aliphatic rings. The van der Waals surface area contributed by atoms with Gasteiger partial charge in [-0.3, -0.25) is 4.79 Å². The second kappa shape index (κ2) is 5.92. The molecule has 0 unspecified atom stereocenters. The summed E-state index contributed by atoms with van der Waals surface area (Å²) in [6.45, 7) is 1.42.